The molecule has 0 aliphatic carbocycles. The first-order valence-corrected chi connectivity index (χ1v) is 11.4. The summed E-state index contributed by atoms with van der Waals surface area (Å²) in [7, 11) is 0. The van der Waals surface area contributed by atoms with E-state index in [0.717, 1.165) is 22.1 Å². The van der Waals surface area contributed by atoms with Crippen molar-refractivity contribution in [1.82, 2.24) is 30.1 Å². The molecule has 0 bridgehead atoms. The Hall–Kier alpha value is -4.69. The van der Waals surface area contributed by atoms with Gasteiger partial charge in [-0.15, -0.1) is 15.0 Å². The molecule has 202 valence electrons. The molecule has 39 heavy (non-hydrogen) atoms. The highest BCUT2D eigenvalue weighted by atomic mass is 19.4. The Bertz CT molecular complexity index is 1530. The van der Waals surface area contributed by atoms with E-state index in [2.05, 4.69) is 25.1 Å². The summed E-state index contributed by atoms with van der Waals surface area (Å²) in [5.74, 6) is -8.25. The van der Waals surface area contributed by atoms with Crippen molar-refractivity contribution in [3.8, 4) is 17.3 Å². The zero-order valence-electron chi connectivity index (χ0n) is 19.7. The van der Waals surface area contributed by atoms with Crippen LogP contribution >= 0.6 is 0 Å². The van der Waals surface area contributed by atoms with Crippen LogP contribution in [-0.4, -0.2) is 73.3 Å². The number of nitrogens with zero attached hydrogens (tertiary/aromatic N) is 6. The van der Waals surface area contributed by atoms with E-state index in [4.69, 9.17) is 4.74 Å². The molecule has 1 aliphatic heterocycles. The minimum absolute atomic E-state index is 0.100. The fourth-order valence-corrected chi connectivity index (χ4v) is 3.98. The van der Waals surface area contributed by atoms with Gasteiger partial charge in [0.05, 0.1) is 17.6 Å². The Morgan fingerprint density at radius 3 is 2.54 bits per heavy atom. The molecule has 0 spiro atoms. The van der Waals surface area contributed by atoms with Gasteiger partial charge in [-0.3, -0.25) is 4.79 Å². The number of aromatic nitrogens is 5. The average molecular weight is 548 g/mol. The van der Waals surface area contributed by atoms with Crippen molar-refractivity contribution in [2.75, 3.05) is 13.1 Å². The van der Waals surface area contributed by atoms with Crippen molar-refractivity contribution in [3.63, 3.8) is 0 Å². The molecule has 2 aromatic carbocycles. The summed E-state index contributed by atoms with van der Waals surface area (Å²) in [5.41, 5.74) is 0.552. The number of fused-ring (bicyclic) bond motifs is 1. The average Bonchev–Trinajstić information content (AvgIpc) is 3.44. The number of rotatable bonds is 5. The molecule has 3 heterocycles. The summed E-state index contributed by atoms with van der Waals surface area (Å²) in [5, 5.41) is 11.5. The summed E-state index contributed by atoms with van der Waals surface area (Å²) in [6, 6.07) is 13.3. The molecule has 2 aromatic heterocycles. The molecule has 1 atom stereocenters. The normalized spacial score (nSPS) is 17.2. The van der Waals surface area contributed by atoms with Crippen molar-refractivity contribution in [3.05, 3.63) is 66.5 Å². The van der Waals surface area contributed by atoms with Crippen LogP contribution in [-0.2, 0) is 4.79 Å². The topological polar surface area (TPSA) is 112 Å². The van der Waals surface area contributed by atoms with Gasteiger partial charge in [0.25, 0.3) is 17.7 Å². The summed E-state index contributed by atoms with van der Waals surface area (Å²) in [6.45, 7) is -0.988. The molecule has 4 aromatic rings. The van der Waals surface area contributed by atoms with E-state index in [-0.39, 0.29) is 28.7 Å². The lowest BCUT2D eigenvalue weighted by Gasteiger charge is -2.38. The number of piperidine rings is 1. The van der Waals surface area contributed by atoms with E-state index in [1.165, 1.54) is 18.2 Å². The van der Waals surface area contributed by atoms with Crippen LogP contribution in [0.5, 0.6) is 11.6 Å². The van der Waals surface area contributed by atoms with Gasteiger partial charge in [-0.2, -0.15) is 13.2 Å². The van der Waals surface area contributed by atoms with Crippen LogP contribution in [0.4, 0.5) is 22.0 Å². The molecule has 1 saturated heterocycles. The molecule has 0 N–H and O–H groups in total. The molecular formula is C24H17F5N6O4. The van der Waals surface area contributed by atoms with Gasteiger partial charge in [0.2, 0.25) is 0 Å². The maximum absolute atomic E-state index is 15.0. The second-order valence-electron chi connectivity index (χ2n) is 8.48. The number of amides is 1. The third-order valence-electron chi connectivity index (χ3n) is 5.90. The van der Waals surface area contributed by atoms with E-state index in [9.17, 15) is 31.5 Å². The van der Waals surface area contributed by atoms with Gasteiger partial charge in [0.15, 0.2) is 18.2 Å². The van der Waals surface area contributed by atoms with E-state index in [1.54, 1.807) is 30.3 Å². The first-order chi connectivity index (χ1) is 18.5. The Morgan fingerprint density at radius 2 is 1.79 bits per heavy atom. The monoisotopic (exact) mass is 548 g/mol. The van der Waals surface area contributed by atoms with Crippen molar-refractivity contribution in [1.29, 1.82) is 0 Å². The fourth-order valence-electron chi connectivity index (χ4n) is 3.98. The lowest BCUT2D eigenvalue weighted by molar-refractivity contribution is -0.190. The highest BCUT2D eigenvalue weighted by Crippen LogP contribution is 2.37. The number of esters is 1. The van der Waals surface area contributed by atoms with E-state index in [1.807, 2.05) is 0 Å². The number of hydrogen-bond donors (Lipinski definition) is 0. The standard InChI is InChI=1S/C24H17F5N6O4/c25-23(26)9-10-34(21(36)15-6-2-4-8-17(15)35-31-13-30-33-35)12-19(23)39-20-18(38-22(37)24(27,28)29)11-14-5-1-3-7-16(14)32-20/h1-8,11,13,19H,9-10,12H2/t19-/m0/s1. The van der Waals surface area contributed by atoms with Crippen LogP contribution in [0.25, 0.3) is 16.6 Å². The summed E-state index contributed by atoms with van der Waals surface area (Å²) < 4.78 is 78.4. The Labute approximate surface area is 215 Å². The number of halogens is 5. The Kier molecular flexibility index (Phi) is 6.57. The third kappa shape index (κ3) is 5.32. The number of benzene rings is 2. The van der Waals surface area contributed by atoms with Crippen LogP contribution in [0.2, 0.25) is 0 Å². The maximum atomic E-state index is 15.0. The molecule has 0 saturated carbocycles. The van der Waals surface area contributed by atoms with Gasteiger partial charge in [0, 0.05) is 18.4 Å². The summed E-state index contributed by atoms with van der Waals surface area (Å²) in [6.07, 6.45) is -7.03. The van der Waals surface area contributed by atoms with Crippen molar-refractivity contribution in [2.45, 2.75) is 24.6 Å². The number of carbonyl (C=O) groups excluding carboxylic acids is 2. The highest BCUT2D eigenvalue weighted by Gasteiger charge is 2.48. The largest absolute Gasteiger partial charge is 0.491 e. The molecule has 5 rings (SSSR count). The number of likely N-dealkylation sites (tertiary alicyclic amines) is 1. The van der Waals surface area contributed by atoms with Crippen LogP contribution < -0.4 is 9.47 Å². The molecule has 10 nitrogen and oxygen atoms in total. The fraction of sp³-hybridized carbons (Fsp3) is 0.250. The molecule has 0 radical (unpaired) electrons. The predicted molar refractivity (Wildman–Crippen MR) is 122 cm³/mol. The zero-order valence-corrected chi connectivity index (χ0v) is 19.7. The summed E-state index contributed by atoms with van der Waals surface area (Å²) in [4.78, 5) is 31.1. The third-order valence-corrected chi connectivity index (χ3v) is 5.90. The lowest BCUT2D eigenvalue weighted by Crippen LogP contribution is -2.55. The molecule has 1 amide bonds. The van der Waals surface area contributed by atoms with Gasteiger partial charge in [-0.05, 0) is 29.5 Å². The molecular weight excluding hydrogens is 531 g/mol. The minimum Gasteiger partial charge on any atom is -0.463 e. The maximum Gasteiger partial charge on any atom is 0.491 e. The second kappa shape index (κ2) is 9.89. The van der Waals surface area contributed by atoms with Crippen molar-refractivity contribution in [2.24, 2.45) is 0 Å². The Balaban J connectivity index is 1.45. The first kappa shape index (κ1) is 25.9. The second-order valence-corrected chi connectivity index (χ2v) is 8.48. The van der Waals surface area contributed by atoms with Crippen LogP contribution in [0.15, 0.2) is 60.9 Å². The number of para-hydroxylation sites is 2. The quantitative estimate of drug-likeness (QED) is 0.275. The zero-order chi connectivity index (χ0) is 27.8. The molecule has 1 aliphatic rings. The Morgan fingerprint density at radius 1 is 1.05 bits per heavy atom. The van der Waals surface area contributed by atoms with E-state index in [0.29, 0.717) is 0 Å². The van der Waals surface area contributed by atoms with Crippen molar-refractivity contribution < 1.29 is 41.0 Å². The van der Waals surface area contributed by atoms with Gasteiger partial charge < -0.3 is 14.4 Å². The van der Waals surface area contributed by atoms with Gasteiger partial charge >= 0.3 is 12.1 Å². The SMILES string of the molecule is O=C(c1ccccc1-n1ncnn1)N1CCC(F)(F)[C@@H](Oc2nc3ccccc3cc2OC(=O)C(F)(F)F)C1. The smallest absolute Gasteiger partial charge is 0.463 e. The number of alkyl halides is 5. The van der Waals surface area contributed by atoms with Crippen LogP contribution in [0.1, 0.15) is 16.8 Å². The number of carbonyl (C=O) groups is 2. The first-order valence-electron chi connectivity index (χ1n) is 11.4. The number of hydrogen-bond acceptors (Lipinski definition) is 8. The molecule has 1 fully saturated rings. The van der Waals surface area contributed by atoms with Gasteiger partial charge in [-0.25, -0.2) is 18.6 Å². The summed E-state index contributed by atoms with van der Waals surface area (Å²) >= 11 is 0. The highest BCUT2D eigenvalue weighted by molar-refractivity contribution is 5.97. The predicted octanol–water partition coefficient (Wildman–Crippen LogP) is 3.61. The van der Waals surface area contributed by atoms with E-state index >= 15 is 0 Å². The van der Waals surface area contributed by atoms with Gasteiger partial charge in [-0.1, -0.05) is 30.3 Å². The number of tetrazole rings is 1. The van der Waals surface area contributed by atoms with E-state index < -0.39 is 54.7 Å². The molecule has 15 heteroatoms. The van der Waals surface area contributed by atoms with Crippen molar-refractivity contribution >= 4 is 22.8 Å². The molecule has 0 unspecified atom stereocenters. The lowest BCUT2D eigenvalue weighted by atomic mass is 10.0. The minimum atomic E-state index is -5.35. The number of pyridine rings is 1. The van der Waals surface area contributed by atoms with Crippen LogP contribution in [0, 0.1) is 0 Å². The van der Waals surface area contributed by atoms with Crippen LogP contribution in [0.3, 0.4) is 0 Å². The van der Waals surface area contributed by atoms with Gasteiger partial charge in [0.1, 0.15) is 5.69 Å². The number of ether oxygens (including phenoxy) is 2.